The molecule has 1 amide bonds. The van der Waals surface area contributed by atoms with E-state index >= 15 is 4.39 Å². The summed E-state index contributed by atoms with van der Waals surface area (Å²) in [6.07, 6.45) is 0.0606. The number of carbonyl (C=O) groups excluding carboxylic acids is 1. The highest BCUT2D eigenvalue weighted by molar-refractivity contribution is 6.74. The number of methoxy groups -OCH3 is 1. The van der Waals surface area contributed by atoms with Crippen LogP contribution < -0.4 is 19.3 Å². The smallest absolute Gasteiger partial charge is 0.227 e. The summed E-state index contributed by atoms with van der Waals surface area (Å²) in [6, 6.07) is 12.8. The molecule has 2 heterocycles. The van der Waals surface area contributed by atoms with Crippen LogP contribution in [0.15, 0.2) is 48.5 Å². The average Bonchev–Trinajstić information content (AvgIpc) is 3.01. The van der Waals surface area contributed by atoms with Crippen molar-refractivity contribution < 1.29 is 32.6 Å². The fourth-order valence-corrected chi connectivity index (χ4v) is 7.59. The van der Waals surface area contributed by atoms with E-state index in [0.717, 1.165) is 5.56 Å². The zero-order valence-corrected chi connectivity index (χ0v) is 30.1. The van der Waals surface area contributed by atoms with Gasteiger partial charge in [-0.05, 0) is 72.9 Å². The number of aliphatic hydroxyl groups is 1. The van der Waals surface area contributed by atoms with E-state index in [1.165, 1.54) is 23.1 Å². The van der Waals surface area contributed by atoms with Crippen LogP contribution in [0.3, 0.4) is 0 Å². The standard InChI is InChI=1S/C35H42Cl2F2N2O5Si/c1-34(2,3)47(5,6)46-31-20-40(29-18-25(36)28(39)17-26(29)37)16-15-35(31,43)21-45-30-13-12-27(38)33-24(30)11-14-32(42)41(33)19-22-7-9-23(44-4)10-8-22/h7-10,12-13,17-18,31,43H,11,14-16,19-21H2,1-6H3/t31-,35-/m1/s1. The van der Waals surface area contributed by atoms with E-state index in [1.807, 2.05) is 17.0 Å². The van der Waals surface area contributed by atoms with Gasteiger partial charge in [0.25, 0.3) is 0 Å². The Morgan fingerprint density at radius 3 is 2.38 bits per heavy atom. The monoisotopic (exact) mass is 706 g/mol. The molecule has 1 N–H and O–H groups in total. The third-order valence-electron chi connectivity index (χ3n) is 9.70. The molecule has 3 aromatic rings. The largest absolute Gasteiger partial charge is 0.497 e. The van der Waals surface area contributed by atoms with Gasteiger partial charge in [0.1, 0.15) is 35.3 Å². The number of piperidine rings is 1. The number of nitrogens with zero attached hydrogens (tertiary/aromatic N) is 2. The van der Waals surface area contributed by atoms with Crippen LogP contribution >= 0.6 is 23.2 Å². The minimum Gasteiger partial charge on any atom is -0.497 e. The molecule has 2 aliphatic heterocycles. The maximum absolute atomic E-state index is 15.4. The highest BCUT2D eigenvalue weighted by Crippen LogP contribution is 2.43. The molecule has 0 radical (unpaired) electrons. The number of carbonyl (C=O) groups is 1. The summed E-state index contributed by atoms with van der Waals surface area (Å²) in [5, 5.41) is 12.2. The molecule has 0 saturated carbocycles. The molecule has 12 heteroatoms. The van der Waals surface area contributed by atoms with Crippen molar-refractivity contribution in [3.05, 3.63) is 81.3 Å². The molecule has 2 atom stereocenters. The van der Waals surface area contributed by atoms with Gasteiger partial charge in [0.15, 0.2) is 8.32 Å². The lowest BCUT2D eigenvalue weighted by Gasteiger charge is -2.49. The van der Waals surface area contributed by atoms with Crippen LogP contribution in [0.25, 0.3) is 0 Å². The van der Waals surface area contributed by atoms with Crippen molar-refractivity contribution in [2.75, 3.05) is 36.6 Å². The van der Waals surface area contributed by atoms with E-state index in [-0.39, 0.29) is 59.2 Å². The van der Waals surface area contributed by atoms with Gasteiger partial charge in [-0.3, -0.25) is 4.79 Å². The van der Waals surface area contributed by atoms with Gasteiger partial charge < -0.3 is 28.8 Å². The van der Waals surface area contributed by atoms with E-state index in [0.29, 0.717) is 35.7 Å². The van der Waals surface area contributed by atoms with Crippen LogP contribution in [0.1, 0.15) is 44.7 Å². The second kappa shape index (κ2) is 13.5. The summed E-state index contributed by atoms with van der Waals surface area (Å²) in [7, 11) is -0.829. The highest BCUT2D eigenvalue weighted by Gasteiger charge is 2.49. The molecule has 1 fully saturated rings. The average molecular weight is 708 g/mol. The van der Waals surface area contributed by atoms with Gasteiger partial charge in [0.05, 0.1) is 41.2 Å². The Kier molecular flexibility index (Phi) is 10.2. The van der Waals surface area contributed by atoms with Gasteiger partial charge in [-0.2, -0.15) is 0 Å². The number of halogens is 4. The van der Waals surface area contributed by atoms with E-state index in [4.69, 9.17) is 37.1 Å². The Morgan fingerprint density at radius 1 is 1.02 bits per heavy atom. The summed E-state index contributed by atoms with van der Waals surface area (Å²) in [6.45, 7) is 11.3. The Labute approximate surface area is 286 Å². The molecule has 1 saturated heterocycles. The number of amides is 1. The van der Waals surface area contributed by atoms with Crippen molar-refractivity contribution in [3.63, 3.8) is 0 Å². The number of rotatable bonds is 9. The number of hydrogen-bond acceptors (Lipinski definition) is 6. The lowest BCUT2D eigenvalue weighted by Crippen LogP contribution is -2.63. The fraction of sp³-hybridized carbons (Fsp3) is 0.457. The molecule has 7 nitrogen and oxygen atoms in total. The van der Waals surface area contributed by atoms with Crippen molar-refractivity contribution in [2.24, 2.45) is 0 Å². The quantitative estimate of drug-likeness (QED) is 0.179. The van der Waals surface area contributed by atoms with E-state index in [1.54, 1.807) is 25.3 Å². The van der Waals surface area contributed by atoms with E-state index in [9.17, 15) is 14.3 Å². The first kappa shape index (κ1) is 35.4. The zero-order chi connectivity index (χ0) is 34.3. The minimum atomic E-state index is -2.41. The van der Waals surface area contributed by atoms with Crippen LogP contribution in [0.5, 0.6) is 11.5 Å². The molecule has 0 bridgehead atoms. The van der Waals surface area contributed by atoms with Crippen molar-refractivity contribution in [1.29, 1.82) is 0 Å². The molecule has 5 rings (SSSR count). The molecule has 47 heavy (non-hydrogen) atoms. The molecule has 0 aliphatic carbocycles. The van der Waals surface area contributed by atoms with Gasteiger partial charge in [-0.25, -0.2) is 8.78 Å². The topological polar surface area (TPSA) is 71.5 Å². The maximum atomic E-state index is 15.4. The molecular formula is C35H42Cl2F2N2O5Si. The number of fused-ring (bicyclic) bond motifs is 1. The first-order valence-electron chi connectivity index (χ1n) is 15.7. The second-order valence-electron chi connectivity index (χ2n) is 13.9. The molecule has 0 spiro atoms. The van der Waals surface area contributed by atoms with Crippen LogP contribution in [0, 0.1) is 11.6 Å². The Balaban J connectivity index is 1.42. The predicted molar refractivity (Wildman–Crippen MR) is 185 cm³/mol. The zero-order valence-electron chi connectivity index (χ0n) is 27.6. The van der Waals surface area contributed by atoms with Crippen molar-refractivity contribution in [3.8, 4) is 11.5 Å². The van der Waals surface area contributed by atoms with Crippen molar-refractivity contribution in [1.82, 2.24) is 0 Å². The summed E-state index contributed by atoms with van der Waals surface area (Å²) in [5.41, 5.74) is 0.727. The Morgan fingerprint density at radius 2 is 1.72 bits per heavy atom. The molecule has 0 unspecified atom stereocenters. The third kappa shape index (κ3) is 7.42. The predicted octanol–water partition coefficient (Wildman–Crippen LogP) is 8.17. The Bertz CT molecular complexity index is 1640. The van der Waals surface area contributed by atoms with Gasteiger partial charge in [0.2, 0.25) is 5.91 Å². The lowest BCUT2D eigenvalue weighted by molar-refractivity contribution is -0.119. The van der Waals surface area contributed by atoms with Gasteiger partial charge >= 0.3 is 0 Å². The minimum absolute atomic E-state index is 0.0453. The summed E-state index contributed by atoms with van der Waals surface area (Å²) in [5.74, 6) is -0.218. The first-order valence-corrected chi connectivity index (χ1v) is 19.4. The number of anilines is 2. The molecule has 254 valence electrons. The van der Waals surface area contributed by atoms with Crippen molar-refractivity contribution >= 4 is 48.8 Å². The van der Waals surface area contributed by atoms with Gasteiger partial charge in [0, 0.05) is 25.1 Å². The summed E-state index contributed by atoms with van der Waals surface area (Å²) in [4.78, 5) is 16.5. The van der Waals surface area contributed by atoms with Gasteiger partial charge in [-0.15, -0.1) is 0 Å². The maximum Gasteiger partial charge on any atom is 0.227 e. The molecule has 2 aliphatic rings. The summed E-state index contributed by atoms with van der Waals surface area (Å²) >= 11 is 12.6. The van der Waals surface area contributed by atoms with Crippen LogP contribution in [0.4, 0.5) is 20.2 Å². The summed E-state index contributed by atoms with van der Waals surface area (Å²) < 4.78 is 48.0. The van der Waals surface area contributed by atoms with Crippen LogP contribution in [-0.2, 0) is 22.2 Å². The lowest BCUT2D eigenvalue weighted by atomic mass is 9.89. The first-order chi connectivity index (χ1) is 22.0. The Hall–Kier alpha value is -2.89. The third-order valence-corrected chi connectivity index (χ3v) is 14.8. The normalized spacial score (nSPS) is 20.3. The van der Waals surface area contributed by atoms with Crippen LogP contribution in [0.2, 0.25) is 28.2 Å². The van der Waals surface area contributed by atoms with Gasteiger partial charge in [-0.1, -0.05) is 56.1 Å². The fourth-order valence-electron chi connectivity index (χ4n) is 5.80. The number of benzene rings is 3. The number of ether oxygens (including phenoxy) is 2. The molecule has 0 aromatic heterocycles. The van der Waals surface area contributed by atoms with Crippen LogP contribution in [-0.4, -0.2) is 57.8 Å². The second-order valence-corrected chi connectivity index (χ2v) is 19.4. The highest BCUT2D eigenvalue weighted by atomic mass is 35.5. The SMILES string of the molecule is COc1ccc(CN2C(=O)CCc3c(OC[C@]4(O)CCN(c5cc(Cl)c(F)cc5Cl)C[C@H]4O[Si](C)(C)C(C)(C)C)ccc(F)c32)cc1. The molecular weight excluding hydrogens is 665 g/mol. The molecule has 3 aromatic carbocycles. The van der Waals surface area contributed by atoms with Crippen molar-refractivity contribution in [2.45, 2.75) is 76.4 Å². The van der Waals surface area contributed by atoms with E-state index < -0.39 is 31.7 Å². The number of hydrogen-bond donors (Lipinski definition) is 1. The van der Waals surface area contributed by atoms with E-state index in [2.05, 4.69) is 33.9 Å².